The molecular weight excluding hydrogens is 226 g/mol. The Morgan fingerprint density at radius 3 is 2.78 bits per heavy atom. The fourth-order valence-corrected chi connectivity index (χ4v) is 2.29. The highest BCUT2D eigenvalue weighted by atomic mass is 16.3. The first-order valence-electron chi connectivity index (χ1n) is 6.40. The standard InChI is InChI=1S/C14H21N3O/c1-10(8-11(2)18)15-9-13-12-6-4-5-7-14(12)17(3)16-13/h4-7,10-11,15,18H,8-9H2,1-3H3. The molecule has 1 heterocycles. The molecule has 18 heavy (non-hydrogen) atoms. The van der Waals surface area contributed by atoms with Crippen molar-refractivity contribution in [3.63, 3.8) is 0 Å². The van der Waals surface area contributed by atoms with E-state index in [2.05, 4.69) is 29.5 Å². The van der Waals surface area contributed by atoms with E-state index in [0.29, 0.717) is 0 Å². The number of benzene rings is 1. The Balaban J connectivity index is 2.08. The minimum Gasteiger partial charge on any atom is -0.393 e. The van der Waals surface area contributed by atoms with E-state index in [-0.39, 0.29) is 12.1 Å². The van der Waals surface area contributed by atoms with Crippen molar-refractivity contribution in [2.24, 2.45) is 7.05 Å². The summed E-state index contributed by atoms with van der Waals surface area (Å²) in [6, 6.07) is 8.51. The van der Waals surface area contributed by atoms with Gasteiger partial charge in [0.2, 0.25) is 0 Å². The number of rotatable bonds is 5. The van der Waals surface area contributed by atoms with Crippen molar-refractivity contribution in [2.45, 2.75) is 39.0 Å². The van der Waals surface area contributed by atoms with E-state index in [1.807, 2.05) is 30.8 Å². The van der Waals surface area contributed by atoms with Gasteiger partial charge in [-0.1, -0.05) is 18.2 Å². The second-order valence-electron chi connectivity index (χ2n) is 4.95. The lowest BCUT2D eigenvalue weighted by molar-refractivity contribution is 0.170. The number of aliphatic hydroxyl groups excluding tert-OH is 1. The number of para-hydroxylation sites is 1. The molecule has 1 aromatic carbocycles. The summed E-state index contributed by atoms with van der Waals surface area (Å²) in [5, 5.41) is 18.5. The molecule has 2 N–H and O–H groups in total. The zero-order valence-electron chi connectivity index (χ0n) is 11.2. The minimum atomic E-state index is -0.270. The second-order valence-corrected chi connectivity index (χ2v) is 4.95. The molecule has 0 saturated heterocycles. The number of aliphatic hydroxyl groups is 1. The predicted octanol–water partition coefficient (Wildman–Crippen LogP) is 1.82. The van der Waals surface area contributed by atoms with Gasteiger partial charge in [0.25, 0.3) is 0 Å². The van der Waals surface area contributed by atoms with Crippen LogP contribution < -0.4 is 5.32 Å². The molecule has 0 amide bonds. The van der Waals surface area contributed by atoms with Gasteiger partial charge in [-0.05, 0) is 26.3 Å². The molecule has 4 heteroatoms. The normalized spacial score (nSPS) is 14.9. The zero-order valence-corrected chi connectivity index (χ0v) is 11.2. The van der Waals surface area contributed by atoms with Crippen LogP contribution in [0.1, 0.15) is 26.0 Å². The summed E-state index contributed by atoms with van der Waals surface area (Å²) in [6.07, 6.45) is 0.484. The van der Waals surface area contributed by atoms with E-state index in [1.165, 1.54) is 5.39 Å². The maximum Gasteiger partial charge on any atom is 0.0841 e. The van der Waals surface area contributed by atoms with Crippen LogP contribution >= 0.6 is 0 Å². The topological polar surface area (TPSA) is 50.1 Å². The van der Waals surface area contributed by atoms with Gasteiger partial charge in [0.05, 0.1) is 17.3 Å². The fraction of sp³-hybridized carbons (Fsp3) is 0.500. The van der Waals surface area contributed by atoms with Crippen molar-refractivity contribution in [3.05, 3.63) is 30.0 Å². The molecule has 2 rings (SSSR count). The Morgan fingerprint density at radius 2 is 2.06 bits per heavy atom. The van der Waals surface area contributed by atoms with Crippen molar-refractivity contribution in [1.29, 1.82) is 0 Å². The minimum absolute atomic E-state index is 0.270. The highest BCUT2D eigenvalue weighted by molar-refractivity contribution is 5.81. The van der Waals surface area contributed by atoms with Crippen LogP contribution in [0, 0.1) is 0 Å². The predicted molar refractivity (Wildman–Crippen MR) is 73.3 cm³/mol. The van der Waals surface area contributed by atoms with E-state index < -0.39 is 0 Å². The van der Waals surface area contributed by atoms with Gasteiger partial charge in [0.15, 0.2) is 0 Å². The summed E-state index contributed by atoms with van der Waals surface area (Å²) < 4.78 is 1.91. The first-order valence-corrected chi connectivity index (χ1v) is 6.40. The van der Waals surface area contributed by atoms with Crippen LogP contribution in [0.4, 0.5) is 0 Å². The summed E-state index contributed by atoms with van der Waals surface area (Å²) in [5.74, 6) is 0. The van der Waals surface area contributed by atoms with Gasteiger partial charge in [-0.25, -0.2) is 0 Å². The molecule has 0 saturated carbocycles. The molecule has 0 aliphatic carbocycles. The summed E-state index contributed by atoms with van der Waals surface area (Å²) in [5.41, 5.74) is 2.21. The van der Waals surface area contributed by atoms with Crippen molar-refractivity contribution >= 4 is 10.9 Å². The second kappa shape index (κ2) is 5.50. The molecule has 0 aliphatic heterocycles. The number of hydrogen-bond donors (Lipinski definition) is 2. The fourth-order valence-electron chi connectivity index (χ4n) is 2.29. The van der Waals surface area contributed by atoms with Gasteiger partial charge in [0.1, 0.15) is 0 Å². The van der Waals surface area contributed by atoms with Crippen LogP contribution in [-0.4, -0.2) is 27.0 Å². The van der Waals surface area contributed by atoms with Crippen molar-refractivity contribution in [1.82, 2.24) is 15.1 Å². The summed E-state index contributed by atoms with van der Waals surface area (Å²) in [7, 11) is 1.96. The molecule has 0 aliphatic rings. The molecule has 0 bridgehead atoms. The van der Waals surface area contributed by atoms with E-state index in [9.17, 15) is 5.11 Å². The lowest BCUT2D eigenvalue weighted by Gasteiger charge is -2.14. The molecule has 4 nitrogen and oxygen atoms in total. The van der Waals surface area contributed by atoms with E-state index in [1.54, 1.807) is 0 Å². The first-order chi connectivity index (χ1) is 8.58. The zero-order chi connectivity index (χ0) is 13.1. The molecule has 1 aromatic heterocycles. The number of nitrogens with one attached hydrogen (secondary N) is 1. The average Bonchev–Trinajstić information content (AvgIpc) is 2.64. The highest BCUT2D eigenvalue weighted by Crippen LogP contribution is 2.17. The molecule has 0 spiro atoms. The van der Waals surface area contributed by atoms with Gasteiger partial charge >= 0.3 is 0 Å². The van der Waals surface area contributed by atoms with Crippen molar-refractivity contribution in [2.75, 3.05) is 0 Å². The smallest absolute Gasteiger partial charge is 0.0841 e. The van der Waals surface area contributed by atoms with Gasteiger partial charge < -0.3 is 10.4 Å². The summed E-state index contributed by atoms with van der Waals surface area (Å²) >= 11 is 0. The Labute approximate surface area is 108 Å². The maximum absolute atomic E-state index is 9.34. The van der Waals surface area contributed by atoms with Gasteiger partial charge in [-0.15, -0.1) is 0 Å². The molecule has 98 valence electrons. The van der Waals surface area contributed by atoms with Gasteiger partial charge in [-0.3, -0.25) is 4.68 Å². The van der Waals surface area contributed by atoms with Crippen LogP contribution in [0.15, 0.2) is 24.3 Å². The number of fused-ring (bicyclic) bond motifs is 1. The lowest BCUT2D eigenvalue weighted by Crippen LogP contribution is -2.28. The Morgan fingerprint density at radius 1 is 1.33 bits per heavy atom. The van der Waals surface area contributed by atoms with Crippen molar-refractivity contribution < 1.29 is 5.11 Å². The number of aromatic nitrogens is 2. The maximum atomic E-state index is 9.34. The third-order valence-corrected chi connectivity index (χ3v) is 3.15. The number of hydrogen-bond acceptors (Lipinski definition) is 3. The van der Waals surface area contributed by atoms with Gasteiger partial charge in [-0.2, -0.15) is 5.10 Å². The third kappa shape index (κ3) is 2.89. The number of aryl methyl sites for hydroxylation is 1. The Kier molecular flexibility index (Phi) is 3.99. The highest BCUT2D eigenvalue weighted by Gasteiger charge is 2.10. The molecule has 2 unspecified atom stereocenters. The van der Waals surface area contributed by atoms with Crippen LogP contribution in [0.2, 0.25) is 0 Å². The molecule has 2 atom stereocenters. The monoisotopic (exact) mass is 247 g/mol. The third-order valence-electron chi connectivity index (χ3n) is 3.15. The molecule has 0 fully saturated rings. The van der Waals surface area contributed by atoms with Crippen LogP contribution in [-0.2, 0) is 13.6 Å². The molecule has 2 aromatic rings. The summed E-state index contributed by atoms with van der Waals surface area (Å²) in [6.45, 7) is 4.63. The lowest BCUT2D eigenvalue weighted by atomic mass is 10.1. The molecular formula is C14H21N3O. The van der Waals surface area contributed by atoms with Crippen LogP contribution in [0.5, 0.6) is 0 Å². The quantitative estimate of drug-likeness (QED) is 0.847. The largest absolute Gasteiger partial charge is 0.393 e. The first kappa shape index (κ1) is 13.1. The van der Waals surface area contributed by atoms with Crippen molar-refractivity contribution in [3.8, 4) is 0 Å². The molecule has 0 radical (unpaired) electrons. The van der Waals surface area contributed by atoms with E-state index >= 15 is 0 Å². The SMILES string of the molecule is CC(O)CC(C)NCc1nn(C)c2ccccc12. The summed E-state index contributed by atoms with van der Waals surface area (Å²) in [4.78, 5) is 0. The van der Waals surface area contributed by atoms with E-state index in [0.717, 1.165) is 24.2 Å². The van der Waals surface area contributed by atoms with Gasteiger partial charge in [0, 0.05) is 25.0 Å². The average molecular weight is 247 g/mol. The Hall–Kier alpha value is -1.39. The number of nitrogens with zero attached hydrogens (tertiary/aromatic N) is 2. The van der Waals surface area contributed by atoms with Crippen LogP contribution in [0.3, 0.4) is 0 Å². The van der Waals surface area contributed by atoms with Crippen LogP contribution in [0.25, 0.3) is 10.9 Å². The Bertz CT molecular complexity index is 519. The van der Waals surface area contributed by atoms with E-state index in [4.69, 9.17) is 0 Å².